The normalized spacial score (nSPS) is 12.3. The molecule has 0 unspecified atom stereocenters. The largest absolute Gasteiger partial charge is 0.354 e. The fourth-order valence-corrected chi connectivity index (χ4v) is 5.25. The molecule has 2 rings (SSSR count). The Morgan fingerprint density at radius 2 is 1.78 bits per heavy atom. The van der Waals surface area contributed by atoms with Crippen molar-refractivity contribution in [3.05, 3.63) is 63.9 Å². The molecule has 0 spiro atoms. The van der Waals surface area contributed by atoms with Crippen LogP contribution in [0, 0.1) is 11.7 Å². The molecule has 0 radical (unpaired) electrons. The first-order valence-corrected chi connectivity index (χ1v) is 14.7. The van der Waals surface area contributed by atoms with Crippen LogP contribution in [0.5, 0.6) is 0 Å². The van der Waals surface area contributed by atoms with Crippen molar-refractivity contribution in [1.29, 1.82) is 0 Å². The second-order valence-electron chi connectivity index (χ2n) is 9.21. The summed E-state index contributed by atoms with van der Waals surface area (Å²) in [4.78, 5) is 27.9. The van der Waals surface area contributed by atoms with Gasteiger partial charge in [0.15, 0.2) is 0 Å². The van der Waals surface area contributed by atoms with Gasteiger partial charge in [0.05, 0.1) is 11.9 Å². The first kappa shape index (κ1) is 30.9. The summed E-state index contributed by atoms with van der Waals surface area (Å²) in [5.74, 6) is -1.07. The number of anilines is 1. The molecule has 0 saturated heterocycles. The lowest BCUT2D eigenvalue weighted by molar-refractivity contribution is -0.141. The highest BCUT2D eigenvalue weighted by molar-refractivity contribution is 7.92. The number of halogens is 3. The Balaban J connectivity index is 2.26. The van der Waals surface area contributed by atoms with Gasteiger partial charge in [0.25, 0.3) is 0 Å². The van der Waals surface area contributed by atoms with Crippen LogP contribution in [0.4, 0.5) is 10.1 Å². The molecule has 0 saturated carbocycles. The molecule has 2 aromatic carbocycles. The van der Waals surface area contributed by atoms with E-state index >= 15 is 0 Å². The molecule has 204 valence electrons. The SMILES string of the molecule is CC[C@@H](C(=O)NCC(C)C)N(Cc1ccc(Cl)cc1Cl)C(=O)CCCN(c1ccccc1F)S(C)(=O)=O. The maximum atomic E-state index is 14.3. The van der Waals surface area contributed by atoms with Gasteiger partial charge >= 0.3 is 0 Å². The van der Waals surface area contributed by atoms with E-state index < -0.39 is 21.9 Å². The molecule has 0 heterocycles. The average molecular weight is 575 g/mol. The van der Waals surface area contributed by atoms with E-state index in [4.69, 9.17) is 23.2 Å². The van der Waals surface area contributed by atoms with E-state index in [2.05, 4.69) is 5.32 Å². The summed E-state index contributed by atoms with van der Waals surface area (Å²) in [5.41, 5.74) is 0.542. The number of carbonyl (C=O) groups is 2. The van der Waals surface area contributed by atoms with Gasteiger partial charge < -0.3 is 10.2 Å². The number of rotatable bonds is 13. The van der Waals surface area contributed by atoms with Crippen molar-refractivity contribution in [1.82, 2.24) is 10.2 Å². The number of sulfonamides is 1. The van der Waals surface area contributed by atoms with Crippen LogP contribution in [0.15, 0.2) is 42.5 Å². The molecule has 2 amide bonds. The number of hydrogen-bond donors (Lipinski definition) is 1. The fraction of sp³-hybridized carbons (Fsp3) is 0.462. The number of nitrogens with zero attached hydrogens (tertiary/aromatic N) is 2. The lowest BCUT2D eigenvalue weighted by Crippen LogP contribution is -2.49. The van der Waals surface area contributed by atoms with Gasteiger partial charge in [-0.3, -0.25) is 13.9 Å². The standard InChI is InChI=1S/C26H34Cl2FN3O4S/c1-5-23(26(34)30-16-18(2)3)31(17-19-12-13-20(27)15-21(19)28)25(33)11-8-14-32(37(4,35)36)24-10-7-6-9-22(24)29/h6-7,9-10,12-13,15,18,23H,5,8,11,14,16-17H2,1-4H3,(H,30,34)/t23-/m0/s1. The number of benzene rings is 2. The molecule has 2 aromatic rings. The van der Waals surface area contributed by atoms with Gasteiger partial charge in [0, 0.05) is 36.1 Å². The van der Waals surface area contributed by atoms with Gasteiger partial charge in [0.1, 0.15) is 11.9 Å². The first-order chi connectivity index (χ1) is 17.3. The average Bonchev–Trinajstić information content (AvgIpc) is 2.81. The molecule has 1 N–H and O–H groups in total. The van der Waals surface area contributed by atoms with Crippen molar-refractivity contribution < 1.29 is 22.4 Å². The Morgan fingerprint density at radius 1 is 1.11 bits per heavy atom. The molecule has 37 heavy (non-hydrogen) atoms. The van der Waals surface area contributed by atoms with Gasteiger partial charge in [-0.1, -0.05) is 62.2 Å². The fourth-order valence-electron chi connectivity index (χ4n) is 3.81. The number of carbonyl (C=O) groups excluding carboxylic acids is 2. The minimum atomic E-state index is -3.79. The number of hydrogen-bond acceptors (Lipinski definition) is 4. The number of para-hydroxylation sites is 1. The number of amides is 2. The van der Waals surface area contributed by atoms with E-state index in [9.17, 15) is 22.4 Å². The van der Waals surface area contributed by atoms with Crippen LogP contribution in [0.3, 0.4) is 0 Å². The van der Waals surface area contributed by atoms with E-state index in [1.807, 2.05) is 20.8 Å². The van der Waals surface area contributed by atoms with Crippen LogP contribution >= 0.6 is 23.2 Å². The van der Waals surface area contributed by atoms with Gasteiger partial charge in [-0.15, -0.1) is 0 Å². The molecule has 1 atom stereocenters. The van der Waals surface area contributed by atoms with Crippen LogP contribution in [-0.4, -0.2) is 50.5 Å². The van der Waals surface area contributed by atoms with Gasteiger partial charge in [-0.25, -0.2) is 12.8 Å². The Morgan fingerprint density at radius 3 is 2.35 bits per heavy atom. The Hall–Kier alpha value is -2.36. The first-order valence-electron chi connectivity index (χ1n) is 12.1. The predicted octanol–water partition coefficient (Wildman–Crippen LogP) is 5.26. The second kappa shape index (κ2) is 14.0. The van der Waals surface area contributed by atoms with E-state index in [1.165, 1.54) is 23.1 Å². The molecule has 0 bridgehead atoms. The zero-order valence-electron chi connectivity index (χ0n) is 21.5. The van der Waals surface area contributed by atoms with Gasteiger partial charge in [-0.05, 0) is 48.6 Å². The highest BCUT2D eigenvalue weighted by atomic mass is 35.5. The minimum absolute atomic E-state index is 0.0559. The third kappa shape index (κ3) is 9.16. The zero-order chi connectivity index (χ0) is 27.8. The van der Waals surface area contributed by atoms with Crippen LogP contribution in [0.25, 0.3) is 0 Å². The molecule has 7 nitrogen and oxygen atoms in total. The van der Waals surface area contributed by atoms with Crippen molar-refractivity contribution in [2.75, 3.05) is 23.7 Å². The van der Waals surface area contributed by atoms with Gasteiger partial charge in [-0.2, -0.15) is 0 Å². The summed E-state index contributed by atoms with van der Waals surface area (Å²) < 4.78 is 40.0. The lowest BCUT2D eigenvalue weighted by Gasteiger charge is -2.31. The second-order valence-corrected chi connectivity index (χ2v) is 12.0. The van der Waals surface area contributed by atoms with Crippen molar-refractivity contribution in [3.8, 4) is 0 Å². The zero-order valence-corrected chi connectivity index (χ0v) is 23.8. The summed E-state index contributed by atoms with van der Waals surface area (Å²) in [6.45, 7) is 6.20. The minimum Gasteiger partial charge on any atom is -0.354 e. The molecule has 0 aliphatic rings. The van der Waals surface area contributed by atoms with Crippen molar-refractivity contribution >= 4 is 50.7 Å². The summed E-state index contributed by atoms with van der Waals surface area (Å²) in [6, 6.07) is 9.74. The third-order valence-corrected chi connectivity index (χ3v) is 7.47. The van der Waals surface area contributed by atoms with Crippen LogP contribution in [0.2, 0.25) is 10.0 Å². The van der Waals surface area contributed by atoms with Gasteiger partial charge in [0.2, 0.25) is 21.8 Å². The maximum absolute atomic E-state index is 14.3. The summed E-state index contributed by atoms with van der Waals surface area (Å²) in [6.07, 6.45) is 1.42. The van der Waals surface area contributed by atoms with Crippen LogP contribution in [0.1, 0.15) is 45.6 Å². The molecule has 0 fully saturated rings. The Labute approximate surface area is 229 Å². The molecule has 0 aliphatic heterocycles. The topological polar surface area (TPSA) is 86.8 Å². The molecular formula is C26H34Cl2FN3O4S. The van der Waals surface area contributed by atoms with Crippen LogP contribution < -0.4 is 9.62 Å². The lowest BCUT2D eigenvalue weighted by atomic mass is 10.1. The van der Waals surface area contributed by atoms with E-state index in [-0.39, 0.29) is 49.4 Å². The highest BCUT2D eigenvalue weighted by Crippen LogP contribution is 2.25. The smallest absolute Gasteiger partial charge is 0.242 e. The maximum Gasteiger partial charge on any atom is 0.242 e. The third-order valence-electron chi connectivity index (χ3n) is 5.70. The molecule has 11 heteroatoms. The van der Waals surface area contributed by atoms with E-state index in [0.717, 1.165) is 10.6 Å². The van der Waals surface area contributed by atoms with Crippen molar-refractivity contribution in [3.63, 3.8) is 0 Å². The quantitative estimate of drug-likeness (QED) is 0.354. The monoisotopic (exact) mass is 573 g/mol. The molecular weight excluding hydrogens is 540 g/mol. The number of nitrogens with one attached hydrogen (secondary N) is 1. The van der Waals surface area contributed by atoms with Crippen molar-refractivity contribution in [2.45, 2.75) is 52.6 Å². The van der Waals surface area contributed by atoms with E-state index in [0.29, 0.717) is 28.6 Å². The Bertz CT molecular complexity index is 1190. The molecule has 0 aliphatic carbocycles. The summed E-state index contributed by atoms with van der Waals surface area (Å²) in [5, 5.41) is 3.70. The predicted molar refractivity (Wildman–Crippen MR) is 147 cm³/mol. The van der Waals surface area contributed by atoms with Crippen LogP contribution in [-0.2, 0) is 26.2 Å². The van der Waals surface area contributed by atoms with Crippen molar-refractivity contribution in [2.24, 2.45) is 5.92 Å². The molecule has 0 aromatic heterocycles. The van der Waals surface area contributed by atoms with E-state index in [1.54, 1.807) is 24.3 Å². The summed E-state index contributed by atoms with van der Waals surface area (Å²) in [7, 11) is -3.79. The summed E-state index contributed by atoms with van der Waals surface area (Å²) >= 11 is 12.4. The Kier molecular flexibility index (Phi) is 11.7. The highest BCUT2D eigenvalue weighted by Gasteiger charge is 2.29.